The molecular formula is C20H22N2O4. The zero-order valence-corrected chi connectivity index (χ0v) is 14.6. The third-order valence-electron chi connectivity index (χ3n) is 4.83. The number of rotatable bonds is 4. The summed E-state index contributed by atoms with van der Waals surface area (Å²) in [5.74, 6) is -1.13. The van der Waals surface area contributed by atoms with Gasteiger partial charge in [-0.2, -0.15) is 0 Å². The van der Waals surface area contributed by atoms with Gasteiger partial charge >= 0.3 is 0 Å². The SMILES string of the molecule is CCc1ccc(-c2ccc(C(=O)N3CC[C@H](O)[C@H]3C(=O)NO)cc2)cc1. The summed E-state index contributed by atoms with van der Waals surface area (Å²) < 4.78 is 0. The number of benzene rings is 2. The Morgan fingerprint density at radius 1 is 1.08 bits per heavy atom. The fourth-order valence-corrected chi connectivity index (χ4v) is 3.29. The molecule has 0 saturated carbocycles. The minimum atomic E-state index is -1.08. The van der Waals surface area contributed by atoms with E-state index in [1.165, 1.54) is 15.9 Å². The van der Waals surface area contributed by atoms with E-state index in [4.69, 9.17) is 5.21 Å². The van der Waals surface area contributed by atoms with Crippen molar-refractivity contribution in [3.63, 3.8) is 0 Å². The van der Waals surface area contributed by atoms with Crippen LogP contribution in [0.2, 0.25) is 0 Å². The van der Waals surface area contributed by atoms with Gasteiger partial charge in [-0.3, -0.25) is 14.8 Å². The summed E-state index contributed by atoms with van der Waals surface area (Å²) >= 11 is 0. The van der Waals surface area contributed by atoms with Crippen molar-refractivity contribution >= 4 is 11.8 Å². The lowest BCUT2D eigenvalue weighted by Crippen LogP contribution is -2.49. The molecule has 2 atom stereocenters. The van der Waals surface area contributed by atoms with Crippen LogP contribution in [-0.4, -0.2) is 45.7 Å². The molecule has 3 N–H and O–H groups in total. The van der Waals surface area contributed by atoms with Crippen molar-refractivity contribution in [1.29, 1.82) is 0 Å². The summed E-state index contributed by atoms with van der Waals surface area (Å²) in [6, 6.07) is 14.3. The molecule has 2 amide bonds. The van der Waals surface area contributed by atoms with Gasteiger partial charge < -0.3 is 10.0 Å². The van der Waals surface area contributed by atoms with Crippen LogP contribution in [0, 0.1) is 0 Å². The quantitative estimate of drug-likeness (QED) is 0.579. The maximum atomic E-state index is 12.7. The third-order valence-corrected chi connectivity index (χ3v) is 4.83. The predicted molar refractivity (Wildman–Crippen MR) is 96.6 cm³/mol. The highest BCUT2D eigenvalue weighted by Crippen LogP contribution is 2.24. The molecule has 1 aliphatic heterocycles. The second-order valence-electron chi connectivity index (χ2n) is 6.40. The molecule has 6 nitrogen and oxygen atoms in total. The van der Waals surface area contributed by atoms with Gasteiger partial charge in [0.15, 0.2) is 0 Å². The third kappa shape index (κ3) is 3.47. The van der Waals surface area contributed by atoms with Gasteiger partial charge in [0.2, 0.25) is 0 Å². The van der Waals surface area contributed by atoms with E-state index in [1.807, 2.05) is 24.3 Å². The molecule has 1 aliphatic rings. The van der Waals surface area contributed by atoms with Crippen LogP contribution in [0.5, 0.6) is 0 Å². The Morgan fingerprint density at radius 3 is 2.19 bits per heavy atom. The summed E-state index contributed by atoms with van der Waals surface area (Å²) in [7, 11) is 0. The van der Waals surface area contributed by atoms with Crippen LogP contribution < -0.4 is 5.48 Å². The van der Waals surface area contributed by atoms with Crippen molar-refractivity contribution in [1.82, 2.24) is 10.4 Å². The van der Waals surface area contributed by atoms with E-state index >= 15 is 0 Å². The first-order chi connectivity index (χ1) is 12.5. The molecule has 26 heavy (non-hydrogen) atoms. The van der Waals surface area contributed by atoms with Crippen molar-refractivity contribution in [3.8, 4) is 11.1 Å². The van der Waals surface area contributed by atoms with Crippen LogP contribution in [0.15, 0.2) is 48.5 Å². The van der Waals surface area contributed by atoms with Gasteiger partial charge in [-0.1, -0.05) is 43.3 Å². The molecule has 3 rings (SSSR count). The minimum Gasteiger partial charge on any atom is -0.390 e. The number of carbonyl (C=O) groups is 2. The number of hydrogen-bond acceptors (Lipinski definition) is 4. The number of carbonyl (C=O) groups excluding carboxylic acids is 2. The summed E-state index contributed by atoms with van der Waals surface area (Å²) in [4.78, 5) is 25.7. The van der Waals surface area contributed by atoms with Crippen molar-refractivity contribution in [2.75, 3.05) is 6.54 Å². The van der Waals surface area contributed by atoms with Gasteiger partial charge in [0, 0.05) is 12.1 Å². The smallest absolute Gasteiger partial charge is 0.268 e. The Hall–Kier alpha value is -2.70. The summed E-state index contributed by atoms with van der Waals surface area (Å²) in [6.07, 6.45) is 0.298. The number of hydroxylamine groups is 1. The molecule has 136 valence electrons. The van der Waals surface area contributed by atoms with Crippen molar-refractivity contribution in [3.05, 3.63) is 59.7 Å². The standard InChI is InChI=1S/C20H22N2O4/c1-2-13-3-5-14(6-4-13)15-7-9-16(10-8-15)20(25)22-12-11-17(23)18(22)19(24)21-26/h3-10,17-18,23,26H,2,11-12H2,1H3,(H,21,24)/t17-,18-/m0/s1. The maximum Gasteiger partial charge on any atom is 0.268 e. The van der Waals surface area contributed by atoms with E-state index in [9.17, 15) is 14.7 Å². The average molecular weight is 354 g/mol. The van der Waals surface area contributed by atoms with Gasteiger partial charge in [-0.15, -0.1) is 0 Å². The van der Waals surface area contributed by atoms with Crippen LogP contribution in [0.4, 0.5) is 0 Å². The molecule has 0 radical (unpaired) electrons. The van der Waals surface area contributed by atoms with Gasteiger partial charge in [-0.05, 0) is 41.7 Å². The van der Waals surface area contributed by atoms with Crippen LogP contribution >= 0.6 is 0 Å². The molecule has 1 saturated heterocycles. The number of nitrogens with one attached hydrogen (secondary N) is 1. The highest BCUT2D eigenvalue weighted by molar-refractivity contribution is 5.98. The second kappa shape index (κ2) is 7.68. The highest BCUT2D eigenvalue weighted by atomic mass is 16.5. The molecule has 0 unspecified atom stereocenters. The Kier molecular flexibility index (Phi) is 5.35. The van der Waals surface area contributed by atoms with Gasteiger partial charge in [0.05, 0.1) is 6.10 Å². The van der Waals surface area contributed by atoms with Gasteiger partial charge in [0.1, 0.15) is 6.04 Å². The lowest BCUT2D eigenvalue weighted by atomic mass is 10.0. The number of hydrogen-bond donors (Lipinski definition) is 3. The van der Waals surface area contributed by atoms with Crippen LogP contribution in [-0.2, 0) is 11.2 Å². The molecule has 6 heteroatoms. The van der Waals surface area contributed by atoms with E-state index in [1.54, 1.807) is 12.1 Å². The van der Waals surface area contributed by atoms with Gasteiger partial charge in [-0.25, -0.2) is 5.48 Å². The normalized spacial score (nSPS) is 19.4. The van der Waals surface area contributed by atoms with Crippen molar-refractivity contribution in [2.45, 2.75) is 31.9 Å². The Bertz CT molecular complexity index is 786. The Morgan fingerprint density at radius 2 is 1.65 bits per heavy atom. The molecular weight excluding hydrogens is 332 g/mol. The summed E-state index contributed by atoms with van der Waals surface area (Å²) in [5.41, 5.74) is 5.28. The largest absolute Gasteiger partial charge is 0.390 e. The number of aliphatic hydroxyl groups excluding tert-OH is 1. The Labute approximate surface area is 152 Å². The first-order valence-corrected chi connectivity index (χ1v) is 8.67. The molecule has 0 bridgehead atoms. The number of amides is 2. The topological polar surface area (TPSA) is 89.9 Å². The van der Waals surface area contributed by atoms with E-state index in [-0.39, 0.29) is 12.5 Å². The van der Waals surface area contributed by atoms with E-state index in [2.05, 4.69) is 19.1 Å². The van der Waals surface area contributed by atoms with E-state index < -0.39 is 18.1 Å². The zero-order valence-electron chi connectivity index (χ0n) is 14.6. The van der Waals surface area contributed by atoms with Gasteiger partial charge in [0.25, 0.3) is 11.8 Å². The predicted octanol–water partition coefficient (Wildman–Crippen LogP) is 2.00. The lowest BCUT2D eigenvalue weighted by molar-refractivity contribution is -0.135. The highest BCUT2D eigenvalue weighted by Gasteiger charge is 2.41. The average Bonchev–Trinajstić information content (AvgIpc) is 3.08. The Balaban J connectivity index is 1.79. The van der Waals surface area contributed by atoms with Crippen LogP contribution in [0.1, 0.15) is 29.3 Å². The van der Waals surface area contributed by atoms with Crippen molar-refractivity contribution < 1.29 is 19.9 Å². The molecule has 2 aromatic rings. The zero-order chi connectivity index (χ0) is 18.7. The number of aliphatic hydroxyl groups is 1. The number of nitrogens with zero attached hydrogens (tertiary/aromatic N) is 1. The number of aryl methyl sites for hydroxylation is 1. The van der Waals surface area contributed by atoms with Crippen LogP contribution in [0.25, 0.3) is 11.1 Å². The van der Waals surface area contributed by atoms with Crippen LogP contribution in [0.3, 0.4) is 0 Å². The van der Waals surface area contributed by atoms with Crippen molar-refractivity contribution in [2.24, 2.45) is 0 Å². The second-order valence-corrected chi connectivity index (χ2v) is 6.40. The fraction of sp³-hybridized carbons (Fsp3) is 0.300. The van der Waals surface area contributed by atoms with E-state index in [0.717, 1.165) is 17.5 Å². The fourth-order valence-electron chi connectivity index (χ4n) is 3.29. The lowest BCUT2D eigenvalue weighted by Gasteiger charge is -2.24. The minimum absolute atomic E-state index is 0.262. The molecule has 0 aromatic heterocycles. The molecule has 2 aromatic carbocycles. The molecule has 0 aliphatic carbocycles. The number of likely N-dealkylation sites (tertiary alicyclic amines) is 1. The first-order valence-electron chi connectivity index (χ1n) is 8.67. The first kappa shape index (κ1) is 18.1. The maximum absolute atomic E-state index is 12.7. The summed E-state index contributed by atoms with van der Waals surface area (Å²) in [6.45, 7) is 2.37. The van der Waals surface area contributed by atoms with E-state index in [0.29, 0.717) is 12.0 Å². The summed E-state index contributed by atoms with van der Waals surface area (Å²) in [5, 5.41) is 18.8. The molecule has 1 heterocycles. The molecule has 0 spiro atoms. The monoisotopic (exact) mass is 354 g/mol. The molecule has 1 fully saturated rings.